The SMILES string of the molecule is COc1cc2c(cc1OC)CN(C(=O)CN(C)c1cc(C)cc(C)c1)CC2. The molecule has 0 aliphatic carbocycles. The van der Waals surface area contributed by atoms with Crippen molar-refractivity contribution in [2.75, 3.05) is 39.3 Å². The van der Waals surface area contributed by atoms with Gasteiger partial charge in [0.05, 0.1) is 20.8 Å². The normalized spacial score (nSPS) is 13.1. The van der Waals surface area contributed by atoms with Gasteiger partial charge in [0.15, 0.2) is 11.5 Å². The molecule has 0 atom stereocenters. The fourth-order valence-electron chi connectivity index (χ4n) is 3.66. The first-order valence-electron chi connectivity index (χ1n) is 9.22. The van der Waals surface area contributed by atoms with Crippen LogP contribution in [0.4, 0.5) is 5.69 Å². The number of carbonyl (C=O) groups excluding carboxylic acids is 1. The fourth-order valence-corrected chi connectivity index (χ4v) is 3.66. The Bertz CT molecular complexity index is 827. The number of benzene rings is 2. The van der Waals surface area contributed by atoms with E-state index in [2.05, 4.69) is 32.0 Å². The fraction of sp³-hybridized carbons (Fsp3) is 0.409. The summed E-state index contributed by atoms with van der Waals surface area (Å²) in [7, 11) is 5.25. The standard InChI is InChI=1S/C22H28N2O3/c1-15-8-16(2)10-19(9-15)23(3)14-22(25)24-7-6-17-11-20(26-4)21(27-5)12-18(17)13-24/h8-12H,6-7,13-14H2,1-5H3. The minimum Gasteiger partial charge on any atom is -0.493 e. The van der Waals surface area contributed by atoms with E-state index in [1.54, 1.807) is 14.2 Å². The summed E-state index contributed by atoms with van der Waals surface area (Å²) in [5.74, 6) is 1.58. The number of ether oxygens (including phenoxy) is 2. The summed E-state index contributed by atoms with van der Waals surface area (Å²) in [6.45, 7) is 5.85. The molecule has 27 heavy (non-hydrogen) atoms. The smallest absolute Gasteiger partial charge is 0.242 e. The highest BCUT2D eigenvalue weighted by Crippen LogP contribution is 2.33. The van der Waals surface area contributed by atoms with Crippen LogP contribution in [0.1, 0.15) is 22.3 Å². The van der Waals surface area contributed by atoms with Crippen molar-refractivity contribution < 1.29 is 14.3 Å². The zero-order valence-electron chi connectivity index (χ0n) is 16.8. The predicted octanol–water partition coefficient (Wildman–Crippen LogP) is 3.34. The third-order valence-electron chi connectivity index (χ3n) is 5.09. The first-order chi connectivity index (χ1) is 12.9. The van der Waals surface area contributed by atoms with Gasteiger partial charge in [0, 0.05) is 25.8 Å². The molecule has 1 heterocycles. The maximum absolute atomic E-state index is 12.9. The number of amides is 1. The Hall–Kier alpha value is -2.69. The third-order valence-corrected chi connectivity index (χ3v) is 5.09. The van der Waals surface area contributed by atoms with Crippen LogP contribution in [0.15, 0.2) is 30.3 Å². The molecule has 1 amide bonds. The molecule has 0 radical (unpaired) electrons. The second-order valence-corrected chi connectivity index (χ2v) is 7.24. The molecule has 0 fully saturated rings. The minimum atomic E-state index is 0.136. The first-order valence-corrected chi connectivity index (χ1v) is 9.22. The molecule has 1 aliphatic rings. The second-order valence-electron chi connectivity index (χ2n) is 7.24. The van der Waals surface area contributed by atoms with E-state index < -0.39 is 0 Å². The highest BCUT2D eigenvalue weighted by molar-refractivity contribution is 5.81. The van der Waals surface area contributed by atoms with Crippen LogP contribution in [0.25, 0.3) is 0 Å². The summed E-state index contributed by atoms with van der Waals surface area (Å²) >= 11 is 0. The van der Waals surface area contributed by atoms with E-state index >= 15 is 0 Å². The number of anilines is 1. The zero-order chi connectivity index (χ0) is 19.6. The maximum Gasteiger partial charge on any atom is 0.242 e. The van der Waals surface area contributed by atoms with Gasteiger partial charge >= 0.3 is 0 Å². The van der Waals surface area contributed by atoms with Crippen molar-refractivity contribution in [2.24, 2.45) is 0 Å². The summed E-state index contributed by atoms with van der Waals surface area (Å²) in [6.07, 6.45) is 0.828. The van der Waals surface area contributed by atoms with E-state index in [4.69, 9.17) is 9.47 Å². The second kappa shape index (κ2) is 7.91. The van der Waals surface area contributed by atoms with Gasteiger partial charge in [0.2, 0.25) is 5.91 Å². The summed E-state index contributed by atoms with van der Waals surface area (Å²) in [6, 6.07) is 10.4. The van der Waals surface area contributed by atoms with E-state index in [1.807, 2.05) is 29.0 Å². The largest absolute Gasteiger partial charge is 0.493 e. The van der Waals surface area contributed by atoms with E-state index in [-0.39, 0.29) is 5.91 Å². The van der Waals surface area contributed by atoms with Crippen LogP contribution in [0.3, 0.4) is 0 Å². The van der Waals surface area contributed by atoms with Crippen molar-refractivity contribution >= 4 is 11.6 Å². The van der Waals surface area contributed by atoms with Gasteiger partial charge in [-0.2, -0.15) is 0 Å². The lowest BCUT2D eigenvalue weighted by Gasteiger charge is -2.31. The molecule has 0 aromatic heterocycles. The van der Waals surface area contributed by atoms with Crippen LogP contribution in [0.2, 0.25) is 0 Å². The quantitative estimate of drug-likeness (QED) is 0.812. The summed E-state index contributed by atoms with van der Waals surface area (Å²) in [5.41, 5.74) is 5.83. The number of rotatable bonds is 5. The number of fused-ring (bicyclic) bond motifs is 1. The number of hydrogen-bond acceptors (Lipinski definition) is 4. The summed E-state index contributed by atoms with van der Waals surface area (Å²) in [4.78, 5) is 16.8. The molecule has 0 saturated heterocycles. The van der Waals surface area contributed by atoms with E-state index in [0.717, 1.165) is 30.0 Å². The summed E-state index contributed by atoms with van der Waals surface area (Å²) < 4.78 is 10.8. The minimum absolute atomic E-state index is 0.136. The lowest BCUT2D eigenvalue weighted by atomic mass is 9.98. The van der Waals surface area contributed by atoms with Crippen molar-refractivity contribution in [3.8, 4) is 11.5 Å². The number of hydrogen-bond donors (Lipinski definition) is 0. The number of methoxy groups -OCH3 is 2. The number of likely N-dealkylation sites (N-methyl/N-ethyl adjacent to an activating group) is 1. The molecule has 5 nitrogen and oxygen atoms in total. The van der Waals surface area contributed by atoms with E-state index in [0.29, 0.717) is 18.8 Å². The molecule has 2 aromatic rings. The molecule has 0 saturated carbocycles. The third kappa shape index (κ3) is 4.18. The van der Waals surface area contributed by atoms with Crippen molar-refractivity contribution in [2.45, 2.75) is 26.8 Å². The van der Waals surface area contributed by atoms with Gasteiger partial charge in [0.25, 0.3) is 0 Å². The molecule has 0 bridgehead atoms. The monoisotopic (exact) mass is 368 g/mol. The van der Waals surface area contributed by atoms with E-state index in [1.165, 1.54) is 16.7 Å². The average molecular weight is 368 g/mol. The molecule has 5 heteroatoms. The van der Waals surface area contributed by atoms with Crippen molar-refractivity contribution in [1.29, 1.82) is 0 Å². The van der Waals surface area contributed by atoms with Gasteiger partial charge in [-0.15, -0.1) is 0 Å². The molecule has 0 N–H and O–H groups in total. The lowest BCUT2D eigenvalue weighted by Crippen LogP contribution is -2.41. The lowest BCUT2D eigenvalue weighted by molar-refractivity contribution is -0.130. The Morgan fingerprint density at radius 2 is 1.59 bits per heavy atom. The van der Waals surface area contributed by atoms with Crippen molar-refractivity contribution in [1.82, 2.24) is 4.90 Å². The highest BCUT2D eigenvalue weighted by atomic mass is 16.5. The Kier molecular flexibility index (Phi) is 5.59. The Balaban J connectivity index is 1.72. The van der Waals surface area contributed by atoms with Crippen molar-refractivity contribution in [3.63, 3.8) is 0 Å². The molecule has 3 rings (SSSR count). The highest BCUT2D eigenvalue weighted by Gasteiger charge is 2.23. The molecule has 2 aromatic carbocycles. The van der Waals surface area contributed by atoms with Gasteiger partial charge in [0.1, 0.15) is 0 Å². The van der Waals surface area contributed by atoms with Crippen LogP contribution >= 0.6 is 0 Å². The Labute approximate surface area is 161 Å². The molecule has 1 aliphatic heterocycles. The molecule has 0 spiro atoms. The van der Waals surface area contributed by atoms with Gasteiger partial charge in [-0.1, -0.05) is 6.07 Å². The van der Waals surface area contributed by atoms with Crippen LogP contribution in [0.5, 0.6) is 11.5 Å². The molecule has 144 valence electrons. The Morgan fingerprint density at radius 3 is 2.19 bits per heavy atom. The van der Waals surface area contributed by atoms with Crippen LogP contribution < -0.4 is 14.4 Å². The number of aryl methyl sites for hydroxylation is 2. The average Bonchev–Trinajstić information content (AvgIpc) is 2.65. The summed E-state index contributed by atoms with van der Waals surface area (Å²) in [5, 5.41) is 0. The Morgan fingerprint density at radius 1 is 1.00 bits per heavy atom. The van der Waals surface area contributed by atoms with Gasteiger partial charge in [-0.3, -0.25) is 4.79 Å². The van der Waals surface area contributed by atoms with Crippen LogP contribution in [0, 0.1) is 13.8 Å². The number of nitrogens with zero attached hydrogens (tertiary/aromatic N) is 2. The molecular weight excluding hydrogens is 340 g/mol. The zero-order valence-corrected chi connectivity index (χ0v) is 16.8. The van der Waals surface area contributed by atoms with Crippen molar-refractivity contribution in [3.05, 3.63) is 52.6 Å². The van der Waals surface area contributed by atoms with Gasteiger partial charge in [-0.25, -0.2) is 0 Å². The molecular formula is C22H28N2O3. The molecule has 0 unspecified atom stereocenters. The predicted molar refractivity (Wildman–Crippen MR) is 108 cm³/mol. The van der Waals surface area contributed by atoms with E-state index in [9.17, 15) is 4.79 Å². The van der Waals surface area contributed by atoms with Gasteiger partial charge < -0.3 is 19.3 Å². The maximum atomic E-state index is 12.9. The van der Waals surface area contributed by atoms with Crippen LogP contribution in [-0.2, 0) is 17.8 Å². The first kappa shape index (κ1) is 19.1. The topological polar surface area (TPSA) is 42.0 Å². The van der Waals surface area contributed by atoms with Gasteiger partial charge in [-0.05, 0) is 66.8 Å². The number of carbonyl (C=O) groups is 1. The van der Waals surface area contributed by atoms with Crippen LogP contribution in [-0.4, -0.2) is 45.2 Å².